The van der Waals surface area contributed by atoms with Crippen molar-refractivity contribution in [3.63, 3.8) is 0 Å². The minimum atomic E-state index is -0.754. The summed E-state index contributed by atoms with van der Waals surface area (Å²) < 4.78 is 10.8. The molecule has 1 aliphatic rings. The summed E-state index contributed by atoms with van der Waals surface area (Å²) in [5, 5.41) is 11.9. The van der Waals surface area contributed by atoms with Gasteiger partial charge in [-0.3, -0.25) is 9.59 Å². The maximum atomic E-state index is 12.3. The van der Waals surface area contributed by atoms with E-state index < -0.39 is 5.97 Å². The standard InChI is InChI=1S/C18H25NO5/c1-3-24-15-9-4-12(10-16(15)23-2)11-19-17(20)13-5-7-14(8-6-13)18(21)22/h4,9-10,13-14H,3,5-8,11H2,1-2H3,(H,19,20)(H,21,22). The van der Waals surface area contributed by atoms with Crippen LogP contribution < -0.4 is 14.8 Å². The van der Waals surface area contributed by atoms with E-state index in [0.29, 0.717) is 50.3 Å². The minimum absolute atomic E-state index is 0.00769. The number of hydrogen-bond acceptors (Lipinski definition) is 4. The number of hydrogen-bond donors (Lipinski definition) is 2. The number of nitrogens with one attached hydrogen (secondary N) is 1. The van der Waals surface area contributed by atoms with Crippen molar-refractivity contribution >= 4 is 11.9 Å². The zero-order valence-corrected chi connectivity index (χ0v) is 14.2. The SMILES string of the molecule is CCOc1ccc(CNC(=O)C2CCC(C(=O)O)CC2)cc1OC. The lowest BCUT2D eigenvalue weighted by atomic mass is 9.81. The molecule has 1 aromatic rings. The summed E-state index contributed by atoms with van der Waals surface area (Å²) in [5.41, 5.74) is 0.933. The quantitative estimate of drug-likeness (QED) is 0.800. The van der Waals surface area contributed by atoms with Gasteiger partial charge in [-0.1, -0.05) is 6.07 Å². The molecule has 0 saturated heterocycles. The van der Waals surface area contributed by atoms with Crippen LogP contribution in [0.15, 0.2) is 18.2 Å². The van der Waals surface area contributed by atoms with Crippen LogP contribution in [0.1, 0.15) is 38.2 Å². The second-order valence-corrected chi connectivity index (χ2v) is 6.02. The molecule has 1 aromatic carbocycles. The Morgan fingerprint density at radius 1 is 1.17 bits per heavy atom. The van der Waals surface area contributed by atoms with E-state index >= 15 is 0 Å². The first kappa shape index (κ1) is 18.1. The Morgan fingerprint density at radius 3 is 2.42 bits per heavy atom. The number of carbonyl (C=O) groups is 2. The Balaban J connectivity index is 1.87. The summed E-state index contributed by atoms with van der Waals surface area (Å²) in [5.74, 6) is 0.171. The van der Waals surface area contributed by atoms with Crippen LogP contribution in [0.3, 0.4) is 0 Å². The van der Waals surface area contributed by atoms with E-state index in [1.165, 1.54) is 0 Å². The third-order valence-corrected chi connectivity index (χ3v) is 4.44. The van der Waals surface area contributed by atoms with Gasteiger partial charge in [-0.2, -0.15) is 0 Å². The molecule has 6 nitrogen and oxygen atoms in total. The van der Waals surface area contributed by atoms with Gasteiger partial charge in [0.25, 0.3) is 0 Å². The van der Waals surface area contributed by atoms with E-state index in [0.717, 1.165) is 5.56 Å². The zero-order chi connectivity index (χ0) is 17.5. The van der Waals surface area contributed by atoms with Gasteiger partial charge in [-0.25, -0.2) is 0 Å². The molecule has 0 unspecified atom stereocenters. The summed E-state index contributed by atoms with van der Waals surface area (Å²) in [6.07, 6.45) is 2.42. The summed E-state index contributed by atoms with van der Waals surface area (Å²) in [7, 11) is 1.58. The highest BCUT2D eigenvalue weighted by Gasteiger charge is 2.29. The fraction of sp³-hybridized carbons (Fsp3) is 0.556. The third-order valence-electron chi connectivity index (χ3n) is 4.44. The molecule has 2 N–H and O–H groups in total. The number of ether oxygens (including phenoxy) is 2. The molecule has 0 heterocycles. The van der Waals surface area contributed by atoms with Gasteiger partial charge in [0.2, 0.25) is 5.91 Å². The summed E-state index contributed by atoms with van der Waals surface area (Å²) >= 11 is 0. The third kappa shape index (κ3) is 4.63. The molecule has 0 radical (unpaired) electrons. The van der Waals surface area contributed by atoms with Crippen molar-refractivity contribution in [2.45, 2.75) is 39.2 Å². The molecule has 1 amide bonds. The van der Waals surface area contributed by atoms with Gasteiger partial charge < -0.3 is 19.9 Å². The van der Waals surface area contributed by atoms with Gasteiger partial charge in [-0.15, -0.1) is 0 Å². The second-order valence-electron chi connectivity index (χ2n) is 6.02. The first-order valence-electron chi connectivity index (χ1n) is 8.35. The largest absolute Gasteiger partial charge is 0.493 e. The van der Waals surface area contributed by atoms with Gasteiger partial charge in [-0.05, 0) is 50.3 Å². The fourth-order valence-corrected chi connectivity index (χ4v) is 3.03. The van der Waals surface area contributed by atoms with Gasteiger partial charge >= 0.3 is 5.97 Å². The lowest BCUT2D eigenvalue weighted by Gasteiger charge is -2.25. The van der Waals surface area contributed by atoms with Crippen molar-refractivity contribution in [1.29, 1.82) is 0 Å². The number of benzene rings is 1. The summed E-state index contributed by atoms with van der Waals surface area (Å²) in [4.78, 5) is 23.2. The Hall–Kier alpha value is -2.24. The van der Waals surface area contributed by atoms with Crippen molar-refractivity contribution < 1.29 is 24.2 Å². The molecule has 1 fully saturated rings. The number of carboxylic acids is 1. The predicted molar refractivity (Wildman–Crippen MR) is 89.1 cm³/mol. The van der Waals surface area contributed by atoms with Crippen molar-refractivity contribution in [2.24, 2.45) is 11.8 Å². The zero-order valence-electron chi connectivity index (χ0n) is 14.2. The van der Waals surface area contributed by atoms with E-state index in [9.17, 15) is 9.59 Å². The highest BCUT2D eigenvalue weighted by Crippen LogP contribution is 2.30. The van der Waals surface area contributed by atoms with Crippen molar-refractivity contribution in [1.82, 2.24) is 5.32 Å². The second kappa shape index (κ2) is 8.57. The highest BCUT2D eigenvalue weighted by molar-refractivity contribution is 5.79. The molecule has 0 aromatic heterocycles. The summed E-state index contributed by atoms with van der Waals surface area (Å²) in [6, 6.07) is 5.59. The maximum Gasteiger partial charge on any atom is 0.306 e. The molecule has 0 atom stereocenters. The van der Waals surface area contributed by atoms with Crippen LogP contribution in [0.25, 0.3) is 0 Å². The fourth-order valence-electron chi connectivity index (χ4n) is 3.03. The van der Waals surface area contributed by atoms with Gasteiger partial charge in [0.05, 0.1) is 19.6 Å². The molecule has 6 heteroatoms. The Labute approximate surface area is 142 Å². The number of carbonyl (C=O) groups excluding carboxylic acids is 1. The number of methoxy groups -OCH3 is 1. The molecule has 0 bridgehead atoms. The molecule has 0 aliphatic heterocycles. The van der Waals surface area contributed by atoms with E-state index in [4.69, 9.17) is 14.6 Å². The number of aliphatic carboxylic acids is 1. The minimum Gasteiger partial charge on any atom is -0.493 e. The number of carboxylic acid groups (broad SMARTS) is 1. The molecular formula is C18H25NO5. The van der Waals surface area contributed by atoms with Crippen molar-refractivity contribution in [3.05, 3.63) is 23.8 Å². The Morgan fingerprint density at radius 2 is 1.83 bits per heavy atom. The van der Waals surface area contributed by atoms with Crippen LogP contribution in [0, 0.1) is 11.8 Å². The van der Waals surface area contributed by atoms with Gasteiger partial charge in [0.1, 0.15) is 0 Å². The first-order valence-corrected chi connectivity index (χ1v) is 8.35. The smallest absolute Gasteiger partial charge is 0.306 e. The normalized spacial score (nSPS) is 20.2. The Bertz CT molecular complexity index is 579. The molecule has 1 aliphatic carbocycles. The van der Waals surface area contributed by atoms with Gasteiger partial charge in [0.15, 0.2) is 11.5 Å². The molecular weight excluding hydrogens is 310 g/mol. The van der Waals surface area contributed by atoms with Crippen molar-refractivity contribution in [2.75, 3.05) is 13.7 Å². The molecule has 1 saturated carbocycles. The van der Waals surface area contributed by atoms with Gasteiger partial charge in [0, 0.05) is 12.5 Å². The number of rotatable bonds is 7. The van der Waals surface area contributed by atoms with E-state index in [2.05, 4.69) is 5.32 Å². The van der Waals surface area contributed by atoms with E-state index in [1.54, 1.807) is 7.11 Å². The number of amides is 1. The summed E-state index contributed by atoms with van der Waals surface area (Å²) in [6.45, 7) is 2.89. The van der Waals surface area contributed by atoms with Crippen molar-refractivity contribution in [3.8, 4) is 11.5 Å². The predicted octanol–water partition coefficient (Wildman–Crippen LogP) is 2.60. The van der Waals surface area contributed by atoms with Crippen LogP contribution in [-0.2, 0) is 16.1 Å². The Kier molecular flexibility index (Phi) is 6.46. The van der Waals surface area contributed by atoms with Crippen LogP contribution in [-0.4, -0.2) is 30.7 Å². The maximum absolute atomic E-state index is 12.3. The first-order chi connectivity index (χ1) is 11.5. The van der Waals surface area contributed by atoms with Crippen LogP contribution in [0.5, 0.6) is 11.5 Å². The molecule has 2 rings (SSSR count). The van der Waals surface area contributed by atoms with E-state index in [1.807, 2.05) is 25.1 Å². The lowest BCUT2D eigenvalue weighted by Crippen LogP contribution is -2.34. The van der Waals surface area contributed by atoms with Crippen LogP contribution in [0.4, 0.5) is 0 Å². The van der Waals surface area contributed by atoms with Crippen LogP contribution in [0.2, 0.25) is 0 Å². The molecule has 132 valence electrons. The lowest BCUT2D eigenvalue weighted by molar-refractivity contribution is -0.144. The molecule has 24 heavy (non-hydrogen) atoms. The topological polar surface area (TPSA) is 84.9 Å². The average Bonchev–Trinajstić information content (AvgIpc) is 2.60. The monoisotopic (exact) mass is 335 g/mol. The molecule has 0 spiro atoms. The highest BCUT2D eigenvalue weighted by atomic mass is 16.5. The van der Waals surface area contributed by atoms with Crippen LogP contribution >= 0.6 is 0 Å². The average molecular weight is 335 g/mol. The van der Waals surface area contributed by atoms with E-state index in [-0.39, 0.29) is 17.7 Å².